The van der Waals surface area contributed by atoms with E-state index in [1.165, 1.54) is 0 Å². The first-order chi connectivity index (χ1) is 16.1. The number of alkyl halides is 1. The summed E-state index contributed by atoms with van der Waals surface area (Å²) < 4.78 is -0.724. The molecule has 3 unspecified atom stereocenters. The lowest BCUT2D eigenvalue weighted by Crippen LogP contribution is -2.55. The number of likely N-dealkylation sites (tertiary alicyclic amines) is 1. The molecule has 9 heteroatoms. The number of halogens is 1. The summed E-state index contributed by atoms with van der Waals surface area (Å²) in [6.07, 6.45) is 1.20. The topological polar surface area (TPSA) is 98.7 Å². The van der Waals surface area contributed by atoms with Crippen LogP contribution in [0.4, 0.5) is 5.69 Å². The van der Waals surface area contributed by atoms with Gasteiger partial charge in [0.2, 0.25) is 17.7 Å². The number of hydrogen-bond acceptors (Lipinski definition) is 5. The highest BCUT2D eigenvalue weighted by molar-refractivity contribution is 9.09. The van der Waals surface area contributed by atoms with Gasteiger partial charge in [-0.3, -0.25) is 14.4 Å². The summed E-state index contributed by atoms with van der Waals surface area (Å²) in [5, 5.41) is 16.1. The van der Waals surface area contributed by atoms with Crippen molar-refractivity contribution in [3.8, 4) is 0 Å². The van der Waals surface area contributed by atoms with E-state index in [0.717, 1.165) is 16.8 Å². The van der Waals surface area contributed by atoms with Crippen molar-refractivity contribution in [2.24, 2.45) is 17.8 Å². The average molecular weight is 553 g/mol. The second-order valence-corrected chi connectivity index (χ2v) is 13.0. The van der Waals surface area contributed by atoms with Crippen LogP contribution >= 0.6 is 27.7 Å². The fourth-order valence-electron chi connectivity index (χ4n) is 6.25. The van der Waals surface area contributed by atoms with Crippen molar-refractivity contribution in [1.82, 2.24) is 10.2 Å². The highest BCUT2D eigenvalue weighted by Gasteiger charge is 2.76. The maximum atomic E-state index is 14.0. The van der Waals surface area contributed by atoms with Gasteiger partial charge in [0, 0.05) is 22.8 Å². The Balaban J connectivity index is 1.81. The van der Waals surface area contributed by atoms with Crippen LogP contribution in [0.3, 0.4) is 0 Å². The van der Waals surface area contributed by atoms with Crippen molar-refractivity contribution in [2.75, 3.05) is 19.0 Å². The van der Waals surface area contributed by atoms with Gasteiger partial charge in [-0.05, 0) is 43.7 Å². The molecule has 3 heterocycles. The maximum Gasteiger partial charge on any atom is 0.248 e. The number of aryl methyl sites for hydroxylation is 2. The highest BCUT2D eigenvalue weighted by atomic mass is 79.9. The minimum atomic E-state index is -0.774. The lowest BCUT2D eigenvalue weighted by molar-refractivity contribution is -0.142. The quantitative estimate of drug-likeness (QED) is 0.452. The number of carbonyl (C=O) groups excluding carboxylic acids is 3. The van der Waals surface area contributed by atoms with E-state index >= 15 is 0 Å². The van der Waals surface area contributed by atoms with Gasteiger partial charge >= 0.3 is 0 Å². The smallest absolute Gasteiger partial charge is 0.248 e. The second-order valence-electron chi connectivity index (χ2n) is 10.2. The van der Waals surface area contributed by atoms with Crippen molar-refractivity contribution < 1.29 is 19.5 Å². The predicted molar refractivity (Wildman–Crippen MR) is 138 cm³/mol. The zero-order valence-electron chi connectivity index (χ0n) is 20.3. The lowest BCUT2D eigenvalue weighted by atomic mass is 9.70. The molecule has 7 nitrogen and oxygen atoms in total. The van der Waals surface area contributed by atoms with E-state index in [9.17, 15) is 19.5 Å². The number of aliphatic hydroxyl groups excluding tert-OH is 1. The van der Waals surface area contributed by atoms with Gasteiger partial charge in [0.05, 0.1) is 29.2 Å². The Morgan fingerprint density at radius 1 is 1.26 bits per heavy atom. The molecule has 3 N–H and O–H groups in total. The summed E-state index contributed by atoms with van der Waals surface area (Å²) in [7, 11) is 1.59. The third-order valence-electron chi connectivity index (χ3n) is 7.60. The predicted octanol–water partition coefficient (Wildman–Crippen LogP) is 2.86. The summed E-state index contributed by atoms with van der Waals surface area (Å²) >= 11 is 5.36. The van der Waals surface area contributed by atoms with E-state index in [1.54, 1.807) is 23.7 Å². The minimum absolute atomic E-state index is 0.0250. The number of fused-ring (bicyclic) bond motifs is 1. The molecule has 0 aliphatic carbocycles. The summed E-state index contributed by atoms with van der Waals surface area (Å²) in [4.78, 5) is 42.7. The fraction of sp³-hybridized carbons (Fsp3) is 0.640. The standard InChI is InChI=1S/C25H34BrN3O4S/c1-12(2)9-15(11-30)29-21(23(32)28-19-13(3)7-6-8-14(19)4)25-10-16(26)20(34-25)17(22(31)27-5)18(25)24(29)33/h6-8,12,15-18,20-21,30H,9-11H2,1-5H3,(H,27,31)(H,28,32)/t15-,16?,17-,18+,20-,21?,25?/m1/s1. The number of nitrogens with zero attached hydrogens (tertiary/aromatic N) is 1. The molecular formula is C25H34BrN3O4S. The van der Waals surface area contributed by atoms with Gasteiger partial charge in [0.1, 0.15) is 6.04 Å². The van der Waals surface area contributed by atoms with E-state index in [1.807, 2.05) is 45.9 Å². The molecule has 34 heavy (non-hydrogen) atoms. The number of amides is 3. The molecule has 186 valence electrons. The Morgan fingerprint density at radius 2 is 1.91 bits per heavy atom. The largest absolute Gasteiger partial charge is 0.394 e. The Labute approximate surface area is 213 Å². The Bertz CT molecular complexity index is 984. The van der Waals surface area contributed by atoms with E-state index < -0.39 is 28.7 Å². The molecule has 0 saturated carbocycles. The van der Waals surface area contributed by atoms with Gasteiger partial charge < -0.3 is 20.6 Å². The number of anilines is 1. The van der Waals surface area contributed by atoms with E-state index in [-0.39, 0.29) is 40.3 Å². The summed E-state index contributed by atoms with van der Waals surface area (Å²) in [6, 6.07) is 4.58. The second kappa shape index (κ2) is 9.47. The monoisotopic (exact) mass is 551 g/mol. The first kappa shape index (κ1) is 25.5. The molecule has 3 fully saturated rings. The van der Waals surface area contributed by atoms with Crippen LogP contribution in [0.15, 0.2) is 18.2 Å². The Hall–Kier alpha value is -1.58. The molecule has 1 aromatic rings. The minimum Gasteiger partial charge on any atom is -0.394 e. The normalized spacial score (nSPS) is 32.8. The van der Waals surface area contributed by atoms with Crippen LogP contribution in [-0.4, -0.2) is 68.3 Å². The van der Waals surface area contributed by atoms with Gasteiger partial charge in [0.15, 0.2) is 0 Å². The van der Waals surface area contributed by atoms with Crippen molar-refractivity contribution in [3.63, 3.8) is 0 Å². The number of benzene rings is 1. The summed E-state index contributed by atoms with van der Waals surface area (Å²) in [5.74, 6) is -1.48. The third kappa shape index (κ3) is 3.88. The van der Waals surface area contributed by atoms with Crippen molar-refractivity contribution in [1.29, 1.82) is 0 Å². The Kier molecular flexibility index (Phi) is 7.10. The van der Waals surface area contributed by atoms with Gasteiger partial charge in [-0.2, -0.15) is 0 Å². The van der Waals surface area contributed by atoms with E-state index in [2.05, 4.69) is 26.6 Å². The van der Waals surface area contributed by atoms with Crippen LogP contribution in [0.5, 0.6) is 0 Å². The van der Waals surface area contributed by atoms with Gasteiger partial charge in [-0.1, -0.05) is 48.0 Å². The zero-order valence-corrected chi connectivity index (χ0v) is 22.7. The number of nitrogens with one attached hydrogen (secondary N) is 2. The average Bonchev–Trinajstić information content (AvgIpc) is 3.37. The number of thioether (sulfide) groups is 1. The molecule has 3 amide bonds. The molecule has 0 aromatic heterocycles. The third-order valence-corrected chi connectivity index (χ3v) is 10.8. The number of aliphatic hydroxyl groups is 1. The SMILES string of the molecule is CNC(=O)[C@H]1[C@@H]2SC3(CC2Br)C(C(=O)Nc2c(C)cccc2C)N([C@@H](CO)CC(C)C)C(=O)[C@H]13. The van der Waals surface area contributed by atoms with Gasteiger partial charge in [-0.25, -0.2) is 0 Å². The summed E-state index contributed by atoms with van der Waals surface area (Å²) in [5.41, 5.74) is 2.65. The fourth-order valence-corrected chi connectivity index (χ4v) is 9.85. The number of para-hydroxylation sites is 1. The molecule has 4 rings (SSSR count). The molecule has 3 aliphatic heterocycles. The highest BCUT2D eigenvalue weighted by Crippen LogP contribution is 2.68. The van der Waals surface area contributed by atoms with E-state index in [4.69, 9.17) is 0 Å². The Morgan fingerprint density at radius 3 is 2.47 bits per heavy atom. The molecule has 3 saturated heterocycles. The van der Waals surface area contributed by atoms with Crippen LogP contribution in [0, 0.1) is 31.6 Å². The first-order valence-corrected chi connectivity index (χ1v) is 13.7. The lowest BCUT2D eigenvalue weighted by Gasteiger charge is -2.38. The number of carbonyl (C=O) groups is 3. The molecule has 3 aliphatic rings. The van der Waals surface area contributed by atoms with Crippen molar-refractivity contribution in [3.05, 3.63) is 29.3 Å². The van der Waals surface area contributed by atoms with Crippen LogP contribution in [0.2, 0.25) is 0 Å². The van der Waals surface area contributed by atoms with Crippen molar-refractivity contribution >= 4 is 51.1 Å². The zero-order chi connectivity index (χ0) is 24.9. The molecule has 7 atom stereocenters. The molecule has 1 spiro atoms. The van der Waals surface area contributed by atoms with Crippen LogP contribution in [0.1, 0.15) is 37.8 Å². The van der Waals surface area contributed by atoms with Gasteiger partial charge in [-0.15, -0.1) is 11.8 Å². The molecular weight excluding hydrogens is 518 g/mol. The molecule has 1 aromatic carbocycles. The van der Waals surface area contributed by atoms with Gasteiger partial charge in [0.25, 0.3) is 0 Å². The first-order valence-electron chi connectivity index (χ1n) is 11.9. The van der Waals surface area contributed by atoms with E-state index in [0.29, 0.717) is 12.8 Å². The van der Waals surface area contributed by atoms with Crippen molar-refractivity contribution in [2.45, 2.75) is 67.4 Å². The summed E-state index contributed by atoms with van der Waals surface area (Å²) in [6.45, 7) is 7.74. The number of rotatable bonds is 7. The van der Waals surface area contributed by atoms with Crippen LogP contribution in [-0.2, 0) is 14.4 Å². The van der Waals surface area contributed by atoms with Crippen LogP contribution in [0.25, 0.3) is 0 Å². The maximum absolute atomic E-state index is 14.0. The molecule has 2 bridgehead atoms. The molecule has 0 radical (unpaired) electrons. The van der Waals surface area contributed by atoms with Crippen LogP contribution < -0.4 is 10.6 Å². The number of hydrogen-bond donors (Lipinski definition) is 3.